The number of phosphoric acid groups is 1. The van der Waals surface area contributed by atoms with Crippen molar-refractivity contribution in [2.45, 2.75) is 200 Å². The third-order valence-corrected chi connectivity index (χ3v) is 11.2. The predicted octanol–water partition coefficient (Wildman–Crippen LogP) is 14.6. The van der Waals surface area contributed by atoms with Crippen LogP contribution in [0, 0.1) is 0 Å². The van der Waals surface area contributed by atoms with Crippen LogP contribution in [0.15, 0.2) is 72.9 Å². The van der Waals surface area contributed by atoms with E-state index in [9.17, 15) is 19.0 Å². The average Bonchev–Trinajstić information content (AvgIpc) is 3.23. The summed E-state index contributed by atoms with van der Waals surface area (Å²) >= 11 is 0. The highest BCUT2D eigenvalue weighted by atomic mass is 31.2. The fourth-order valence-corrected chi connectivity index (χ4v) is 7.13. The lowest BCUT2D eigenvalue weighted by molar-refractivity contribution is -0.870. The number of allylic oxidation sites excluding steroid dienone is 12. The molecule has 2 atom stereocenters. The van der Waals surface area contributed by atoms with Gasteiger partial charge in [-0.2, -0.15) is 0 Å². The van der Waals surface area contributed by atoms with Crippen LogP contribution in [0.25, 0.3) is 0 Å². The molecule has 0 aromatic rings. The number of rotatable bonds is 44. The van der Waals surface area contributed by atoms with E-state index in [-0.39, 0.29) is 32.0 Å². The largest absolute Gasteiger partial charge is 0.472 e. The van der Waals surface area contributed by atoms with Gasteiger partial charge in [0.1, 0.15) is 19.8 Å². The molecule has 0 saturated heterocycles. The number of ether oxygens (including phenoxy) is 2. The molecule has 0 spiro atoms. The highest BCUT2D eigenvalue weighted by Crippen LogP contribution is 2.43. The second-order valence-electron chi connectivity index (χ2n) is 17.5. The third kappa shape index (κ3) is 46.9. The topological polar surface area (TPSA) is 108 Å². The Balaban J connectivity index is 4.36. The maximum atomic E-state index is 12.7. The first-order chi connectivity index (χ1) is 30.0. The number of quaternary nitrogens is 1. The molecule has 358 valence electrons. The van der Waals surface area contributed by atoms with Crippen molar-refractivity contribution in [1.82, 2.24) is 0 Å². The Morgan fingerprint density at radius 3 is 1.40 bits per heavy atom. The molecular weight excluding hydrogens is 798 g/mol. The van der Waals surface area contributed by atoms with Gasteiger partial charge < -0.3 is 18.9 Å². The molecule has 1 N–H and O–H groups in total. The summed E-state index contributed by atoms with van der Waals surface area (Å²) in [6, 6.07) is 0. The maximum absolute atomic E-state index is 12.7. The SMILES string of the molecule is CC/C=C\C/C=C\C/C=C\C/C=C\C/C=C\CCCCCC(=O)OC(COC(=O)CCCCCCCCCCC/C=C\CCCCCCCC)COP(=O)(O)OCC[N+](C)(C)C. The Bertz CT molecular complexity index is 1280. The van der Waals surface area contributed by atoms with Crippen molar-refractivity contribution >= 4 is 19.8 Å². The van der Waals surface area contributed by atoms with Crippen LogP contribution < -0.4 is 0 Å². The second kappa shape index (κ2) is 43.7. The number of carbonyl (C=O) groups is 2. The van der Waals surface area contributed by atoms with Crippen LogP contribution in [0.4, 0.5) is 0 Å². The quantitative estimate of drug-likeness (QED) is 0.0212. The molecule has 0 bridgehead atoms. The Hall–Kier alpha value is -2.55. The number of phosphoric ester groups is 1. The number of unbranched alkanes of at least 4 members (excludes halogenated alkanes) is 18. The van der Waals surface area contributed by atoms with Crippen molar-refractivity contribution in [3.63, 3.8) is 0 Å². The highest BCUT2D eigenvalue weighted by molar-refractivity contribution is 7.47. The minimum atomic E-state index is -4.39. The predicted molar refractivity (Wildman–Crippen MR) is 261 cm³/mol. The molecule has 10 heteroatoms. The molecule has 9 nitrogen and oxygen atoms in total. The lowest BCUT2D eigenvalue weighted by Gasteiger charge is -2.24. The van der Waals surface area contributed by atoms with Gasteiger partial charge in [0.2, 0.25) is 0 Å². The lowest BCUT2D eigenvalue weighted by atomic mass is 10.1. The first-order valence-corrected chi connectivity index (χ1v) is 26.2. The van der Waals surface area contributed by atoms with Gasteiger partial charge in [0.05, 0.1) is 27.7 Å². The van der Waals surface area contributed by atoms with Crippen molar-refractivity contribution in [1.29, 1.82) is 0 Å². The van der Waals surface area contributed by atoms with E-state index in [0.717, 1.165) is 70.6 Å². The van der Waals surface area contributed by atoms with Gasteiger partial charge in [0, 0.05) is 12.8 Å². The second-order valence-corrected chi connectivity index (χ2v) is 18.9. The van der Waals surface area contributed by atoms with E-state index in [1.807, 2.05) is 21.1 Å². The van der Waals surface area contributed by atoms with Crippen LogP contribution in [0.2, 0.25) is 0 Å². The average molecular weight is 891 g/mol. The van der Waals surface area contributed by atoms with Gasteiger partial charge in [0.15, 0.2) is 6.10 Å². The number of hydrogen-bond donors (Lipinski definition) is 1. The number of hydrogen-bond acceptors (Lipinski definition) is 7. The van der Waals surface area contributed by atoms with Gasteiger partial charge in [-0.05, 0) is 83.5 Å². The zero-order valence-electron chi connectivity index (χ0n) is 40.3. The van der Waals surface area contributed by atoms with Gasteiger partial charge in [-0.3, -0.25) is 18.6 Å². The minimum absolute atomic E-state index is 0.0214. The van der Waals surface area contributed by atoms with Gasteiger partial charge >= 0.3 is 19.8 Å². The fraction of sp³-hybridized carbons (Fsp3) is 0.731. The highest BCUT2D eigenvalue weighted by Gasteiger charge is 2.27. The molecule has 0 aliphatic heterocycles. The van der Waals surface area contributed by atoms with Gasteiger partial charge in [-0.15, -0.1) is 0 Å². The molecule has 0 aromatic heterocycles. The molecule has 0 heterocycles. The zero-order valence-corrected chi connectivity index (χ0v) is 41.2. The van der Waals surface area contributed by atoms with Crippen LogP contribution >= 0.6 is 7.82 Å². The van der Waals surface area contributed by atoms with E-state index in [1.165, 1.54) is 89.9 Å². The lowest BCUT2D eigenvalue weighted by Crippen LogP contribution is -2.37. The fourth-order valence-electron chi connectivity index (χ4n) is 6.39. The number of esters is 2. The van der Waals surface area contributed by atoms with Crippen LogP contribution in [0.1, 0.15) is 194 Å². The Morgan fingerprint density at radius 2 is 0.919 bits per heavy atom. The molecule has 2 unspecified atom stereocenters. The molecule has 0 aliphatic rings. The molecular formula is C52H93NO8P+. The van der Waals surface area contributed by atoms with E-state index in [1.54, 1.807) is 0 Å². The Labute approximate surface area is 380 Å². The first kappa shape index (κ1) is 59.5. The van der Waals surface area contributed by atoms with Gasteiger partial charge in [-0.1, -0.05) is 170 Å². The zero-order chi connectivity index (χ0) is 45.7. The smallest absolute Gasteiger partial charge is 0.462 e. The van der Waals surface area contributed by atoms with Crippen LogP contribution in [0.5, 0.6) is 0 Å². The molecule has 0 saturated carbocycles. The summed E-state index contributed by atoms with van der Waals surface area (Å²) in [4.78, 5) is 35.5. The third-order valence-electron chi connectivity index (χ3n) is 10.2. The summed E-state index contributed by atoms with van der Waals surface area (Å²) in [6.45, 7) is 4.27. The summed E-state index contributed by atoms with van der Waals surface area (Å²) < 4.78 is 34.4. The van der Waals surface area contributed by atoms with Crippen molar-refractivity contribution in [2.75, 3.05) is 47.5 Å². The van der Waals surface area contributed by atoms with E-state index in [2.05, 4.69) is 86.8 Å². The van der Waals surface area contributed by atoms with Gasteiger partial charge in [0.25, 0.3) is 0 Å². The first-order valence-electron chi connectivity index (χ1n) is 24.7. The van der Waals surface area contributed by atoms with Crippen LogP contribution in [0.3, 0.4) is 0 Å². The monoisotopic (exact) mass is 891 g/mol. The van der Waals surface area contributed by atoms with E-state index in [4.69, 9.17) is 18.5 Å². The number of nitrogens with zero attached hydrogens (tertiary/aromatic N) is 1. The Kier molecular flexibility index (Phi) is 41.9. The number of carbonyl (C=O) groups excluding carboxylic acids is 2. The normalized spacial score (nSPS) is 14.1. The molecule has 0 aliphatic carbocycles. The molecule has 62 heavy (non-hydrogen) atoms. The minimum Gasteiger partial charge on any atom is -0.462 e. The van der Waals surface area contributed by atoms with Crippen LogP contribution in [-0.4, -0.2) is 74.9 Å². The summed E-state index contributed by atoms with van der Waals surface area (Å²) in [6.07, 6.45) is 55.2. The van der Waals surface area contributed by atoms with Crippen molar-refractivity contribution in [2.24, 2.45) is 0 Å². The summed E-state index contributed by atoms with van der Waals surface area (Å²) in [5.74, 6) is -0.840. The van der Waals surface area contributed by atoms with Crippen molar-refractivity contribution < 1.29 is 42.1 Å². The summed E-state index contributed by atoms with van der Waals surface area (Å²) in [5, 5.41) is 0. The van der Waals surface area contributed by atoms with E-state index < -0.39 is 26.5 Å². The Morgan fingerprint density at radius 1 is 0.516 bits per heavy atom. The molecule has 0 aromatic carbocycles. The molecule has 0 radical (unpaired) electrons. The summed E-state index contributed by atoms with van der Waals surface area (Å²) in [5.41, 5.74) is 0. The van der Waals surface area contributed by atoms with Crippen molar-refractivity contribution in [3.8, 4) is 0 Å². The number of likely N-dealkylation sites (N-methyl/N-ethyl adjacent to an activating group) is 1. The van der Waals surface area contributed by atoms with E-state index in [0.29, 0.717) is 17.4 Å². The molecule has 0 amide bonds. The standard InChI is InChI=1S/C52H92NO8P/c1-6-8-10-12-14-16-18-20-22-24-26-28-30-32-34-36-38-40-42-44-51(54)58-48-50(49-60-62(56,57)59-47-46-53(3,4)5)61-52(55)45-43-41-39-37-35-33-31-29-27-25-23-21-19-17-15-13-11-9-7-2/h9,11,15,17,20-23,27,29,33,35,50H,6-8,10,12-14,16,18-19,24-26,28,30-32,34,36-49H2,1-5H3/p+1/b11-9-,17-15-,22-20-,23-21-,29-27-,35-33-. The molecule has 0 fully saturated rings. The maximum Gasteiger partial charge on any atom is 0.472 e. The van der Waals surface area contributed by atoms with E-state index >= 15 is 0 Å². The van der Waals surface area contributed by atoms with Crippen molar-refractivity contribution in [3.05, 3.63) is 72.9 Å². The van der Waals surface area contributed by atoms with Crippen LogP contribution in [-0.2, 0) is 32.7 Å². The molecule has 0 rings (SSSR count). The summed E-state index contributed by atoms with van der Waals surface area (Å²) in [7, 11) is 1.44. The van der Waals surface area contributed by atoms with Gasteiger partial charge in [-0.25, -0.2) is 4.57 Å².